The second kappa shape index (κ2) is 11.6. The van der Waals surface area contributed by atoms with Crippen LogP contribution in [0.4, 0.5) is 10.2 Å². The van der Waals surface area contributed by atoms with Gasteiger partial charge in [0.05, 0.1) is 17.9 Å². The normalized spacial score (nSPS) is 14.8. The number of anilines is 1. The van der Waals surface area contributed by atoms with Crippen molar-refractivity contribution in [2.45, 2.75) is 44.9 Å². The van der Waals surface area contributed by atoms with E-state index in [-0.39, 0.29) is 54.1 Å². The second-order valence-electron chi connectivity index (χ2n) is 8.74. The molecule has 3 aromatic heterocycles. The molecule has 0 aromatic carbocycles. The maximum atomic E-state index is 14.2. The lowest BCUT2D eigenvalue weighted by Crippen LogP contribution is -2.20. The Morgan fingerprint density at radius 3 is 2.67 bits per heavy atom. The molecule has 0 aliphatic heterocycles. The predicted molar refractivity (Wildman–Crippen MR) is 138 cm³/mol. The summed E-state index contributed by atoms with van der Waals surface area (Å²) in [5.74, 6) is -2.78. The van der Waals surface area contributed by atoms with Crippen molar-refractivity contribution in [3.63, 3.8) is 0 Å². The van der Waals surface area contributed by atoms with E-state index >= 15 is 0 Å². The van der Waals surface area contributed by atoms with Crippen LogP contribution in [0.2, 0.25) is 0 Å². The van der Waals surface area contributed by atoms with E-state index in [0.717, 1.165) is 23.5 Å². The minimum atomic E-state index is -1.02. The van der Waals surface area contributed by atoms with Crippen molar-refractivity contribution in [1.82, 2.24) is 19.2 Å². The maximum Gasteiger partial charge on any atom is 0.307 e. The van der Waals surface area contributed by atoms with Gasteiger partial charge >= 0.3 is 11.9 Å². The fraction of sp³-hybridized carbons (Fsp3) is 0.269. The summed E-state index contributed by atoms with van der Waals surface area (Å²) in [7, 11) is 0. The summed E-state index contributed by atoms with van der Waals surface area (Å²) in [6.07, 6.45) is 7.07. The summed E-state index contributed by atoms with van der Waals surface area (Å²) >= 11 is 0. The number of aromatic hydroxyl groups is 2. The predicted octanol–water partition coefficient (Wildman–Crippen LogP) is 2.27. The number of aliphatic carboxylic acids is 1. The van der Waals surface area contributed by atoms with E-state index in [1.165, 1.54) is 28.9 Å². The molecule has 3 heterocycles. The van der Waals surface area contributed by atoms with Gasteiger partial charge < -0.3 is 25.4 Å². The molecule has 0 radical (unpaired) electrons. The summed E-state index contributed by atoms with van der Waals surface area (Å²) in [5.41, 5.74) is 1.10. The number of ether oxygens (including phenoxy) is 1. The number of hydrogen-bond donors (Lipinski definition) is 4. The molecule has 0 bridgehead atoms. The van der Waals surface area contributed by atoms with Gasteiger partial charge in [0.15, 0.2) is 23.7 Å². The molecule has 1 aliphatic rings. The fourth-order valence-electron chi connectivity index (χ4n) is 3.61. The number of halogens is 1. The van der Waals surface area contributed by atoms with Crippen LogP contribution < -0.4 is 16.0 Å². The van der Waals surface area contributed by atoms with E-state index in [9.17, 15) is 24.2 Å². The van der Waals surface area contributed by atoms with Gasteiger partial charge in [-0.05, 0) is 37.5 Å². The van der Waals surface area contributed by atoms with Crippen molar-refractivity contribution in [3.8, 4) is 11.8 Å². The average Bonchev–Trinajstić information content (AvgIpc) is 3.57. The third-order valence-corrected chi connectivity index (χ3v) is 5.76. The highest BCUT2D eigenvalue weighted by Crippen LogP contribution is 2.28. The van der Waals surface area contributed by atoms with Crippen LogP contribution in [0, 0.1) is 0 Å². The monoisotopic (exact) mass is 538 g/mol. The van der Waals surface area contributed by atoms with Crippen LogP contribution in [0.3, 0.4) is 0 Å². The highest BCUT2D eigenvalue weighted by Gasteiger charge is 2.21. The van der Waals surface area contributed by atoms with Gasteiger partial charge in [0.1, 0.15) is 11.6 Å². The van der Waals surface area contributed by atoms with Crippen molar-refractivity contribution in [3.05, 3.63) is 71.4 Å². The van der Waals surface area contributed by atoms with Crippen LogP contribution in [-0.2, 0) is 21.1 Å². The number of carboxylic acid groups (broad SMARTS) is 1. The zero-order chi connectivity index (χ0) is 28.1. The standard InChI is InChI=1S/C26H27FN6O6/c1-3-18(27)19(4-2)30-20-12-21(29-17-8-9-17)33-25(31-20)16(13-28-33)10-15-11-22(34)32(26(15)38)14-39-24(37)7-5-6-23(35)36/h3-4,10-13,17,30,34,38H,1-2,5-9,14H2,(H,35,36)/b16-10-,19-18?,29-21?. The van der Waals surface area contributed by atoms with E-state index in [1.54, 1.807) is 6.07 Å². The SMILES string of the molecule is C=CC(F)=C(C=C)Nc1cc(=NC2CC2)n2nc/c(=C/c3cc(O)n(COC(=O)CCCC(=O)O)c3O)c2n1. The molecular formula is C26H27FN6O6. The summed E-state index contributed by atoms with van der Waals surface area (Å²) in [6.45, 7) is 6.56. The third kappa shape index (κ3) is 6.50. The number of aromatic nitrogens is 4. The van der Waals surface area contributed by atoms with Crippen LogP contribution >= 0.6 is 0 Å². The van der Waals surface area contributed by atoms with Gasteiger partial charge in [-0.1, -0.05) is 13.2 Å². The number of esters is 1. The van der Waals surface area contributed by atoms with E-state index in [2.05, 4.69) is 33.5 Å². The fourth-order valence-corrected chi connectivity index (χ4v) is 3.61. The van der Waals surface area contributed by atoms with Crippen LogP contribution in [0.1, 0.15) is 37.7 Å². The van der Waals surface area contributed by atoms with Gasteiger partial charge in [-0.25, -0.2) is 13.9 Å². The Hall–Kier alpha value is -4.94. The number of nitrogens with one attached hydrogen (secondary N) is 1. The highest BCUT2D eigenvalue weighted by molar-refractivity contribution is 5.71. The van der Waals surface area contributed by atoms with E-state index in [1.807, 2.05) is 0 Å². The van der Waals surface area contributed by atoms with E-state index < -0.39 is 24.5 Å². The first kappa shape index (κ1) is 27.1. The number of fused-ring (bicyclic) bond motifs is 1. The molecule has 1 saturated carbocycles. The van der Waals surface area contributed by atoms with Gasteiger partial charge in [0.25, 0.3) is 0 Å². The number of carboxylic acids is 1. The number of carbonyl (C=O) groups excluding carboxylic acids is 1. The molecule has 12 nitrogen and oxygen atoms in total. The van der Waals surface area contributed by atoms with Gasteiger partial charge in [-0.15, -0.1) is 0 Å². The van der Waals surface area contributed by atoms with E-state index in [4.69, 9.17) is 9.84 Å². The zero-order valence-electron chi connectivity index (χ0n) is 20.9. The number of carbonyl (C=O) groups is 2. The molecule has 0 unspecified atom stereocenters. The van der Waals surface area contributed by atoms with Crippen LogP contribution in [0.15, 0.2) is 60.2 Å². The van der Waals surface area contributed by atoms with Crippen molar-refractivity contribution in [2.24, 2.45) is 4.99 Å². The lowest BCUT2D eigenvalue weighted by molar-refractivity contribution is -0.148. The molecule has 0 spiro atoms. The molecule has 39 heavy (non-hydrogen) atoms. The van der Waals surface area contributed by atoms with Crippen molar-refractivity contribution >= 4 is 29.5 Å². The second-order valence-corrected chi connectivity index (χ2v) is 8.74. The third-order valence-electron chi connectivity index (χ3n) is 5.76. The minimum absolute atomic E-state index is 0.0708. The molecule has 204 valence electrons. The maximum absolute atomic E-state index is 14.2. The Balaban J connectivity index is 1.67. The Kier molecular flexibility index (Phi) is 8.08. The molecule has 0 amide bonds. The smallest absolute Gasteiger partial charge is 0.307 e. The van der Waals surface area contributed by atoms with Crippen LogP contribution in [0.5, 0.6) is 11.8 Å². The minimum Gasteiger partial charge on any atom is -0.494 e. The Morgan fingerprint density at radius 1 is 1.23 bits per heavy atom. The molecule has 0 saturated heterocycles. The summed E-state index contributed by atoms with van der Waals surface area (Å²) in [6, 6.07) is 3.06. The lowest BCUT2D eigenvalue weighted by atomic mass is 10.2. The van der Waals surface area contributed by atoms with E-state index in [0.29, 0.717) is 16.4 Å². The first-order chi connectivity index (χ1) is 18.7. The lowest BCUT2D eigenvalue weighted by Gasteiger charge is -2.08. The van der Waals surface area contributed by atoms with Gasteiger partial charge in [0, 0.05) is 35.8 Å². The highest BCUT2D eigenvalue weighted by atomic mass is 19.1. The quantitative estimate of drug-likeness (QED) is 0.200. The van der Waals surface area contributed by atoms with Gasteiger partial charge in [-0.3, -0.25) is 14.6 Å². The summed E-state index contributed by atoms with van der Waals surface area (Å²) in [5, 5.41) is 37.3. The van der Waals surface area contributed by atoms with Gasteiger partial charge in [0.2, 0.25) is 5.88 Å². The Morgan fingerprint density at radius 2 is 2.00 bits per heavy atom. The van der Waals surface area contributed by atoms with Crippen LogP contribution in [-0.4, -0.2) is 52.5 Å². The first-order valence-electron chi connectivity index (χ1n) is 12.0. The number of nitrogens with zero attached hydrogens (tertiary/aromatic N) is 5. The topological polar surface area (TPSA) is 164 Å². The zero-order valence-corrected chi connectivity index (χ0v) is 20.9. The molecule has 13 heteroatoms. The van der Waals surface area contributed by atoms with Crippen molar-refractivity contribution in [1.29, 1.82) is 0 Å². The molecule has 1 aliphatic carbocycles. The molecule has 1 fully saturated rings. The summed E-state index contributed by atoms with van der Waals surface area (Å²) in [4.78, 5) is 31.6. The number of hydrogen-bond acceptors (Lipinski definition) is 9. The number of rotatable bonds is 12. The summed E-state index contributed by atoms with van der Waals surface area (Å²) < 4.78 is 21.7. The first-order valence-corrected chi connectivity index (χ1v) is 12.0. The Labute approximate surface area is 221 Å². The molecule has 0 atom stereocenters. The molecule has 4 rings (SSSR count). The molecular weight excluding hydrogens is 511 g/mol. The van der Waals surface area contributed by atoms with Crippen molar-refractivity contribution < 1.29 is 34.0 Å². The molecule has 3 aromatic rings. The van der Waals surface area contributed by atoms with Gasteiger partial charge in [-0.2, -0.15) is 9.61 Å². The Bertz CT molecular complexity index is 1600. The van der Waals surface area contributed by atoms with Crippen molar-refractivity contribution in [2.75, 3.05) is 5.32 Å². The average molecular weight is 539 g/mol. The largest absolute Gasteiger partial charge is 0.494 e. The number of allylic oxidation sites excluding steroid dienone is 3. The molecule has 4 N–H and O–H groups in total. The van der Waals surface area contributed by atoms with Crippen LogP contribution in [0.25, 0.3) is 11.7 Å².